The van der Waals surface area contributed by atoms with E-state index in [-0.39, 0.29) is 12.4 Å². The Morgan fingerprint density at radius 3 is 2.55 bits per heavy atom. The fraction of sp³-hybridized carbons (Fsp3) is 0.235. The molecule has 2 aromatic carbocycles. The van der Waals surface area contributed by atoms with E-state index in [0.29, 0.717) is 6.61 Å². The monoisotopic (exact) mass is 270 g/mol. The number of aryl methyl sites for hydroxylation is 1. The van der Waals surface area contributed by atoms with E-state index in [0.717, 1.165) is 16.9 Å². The first-order chi connectivity index (χ1) is 9.70. The average molecular weight is 270 g/mol. The molecule has 3 heteroatoms. The summed E-state index contributed by atoms with van der Waals surface area (Å²) in [6.45, 7) is 2.36. The van der Waals surface area contributed by atoms with Crippen molar-refractivity contribution in [3.63, 3.8) is 0 Å². The van der Waals surface area contributed by atoms with E-state index in [2.05, 4.69) is 10.8 Å². The molecule has 0 aromatic heterocycles. The van der Waals surface area contributed by atoms with Crippen LogP contribution in [0.3, 0.4) is 0 Å². The molecule has 20 heavy (non-hydrogen) atoms. The number of rotatable bonds is 5. The quantitative estimate of drug-likeness (QED) is 0.779. The number of methoxy groups -OCH3 is 1. The van der Waals surface area contributed by atoms with Gasteiger partial charge in [-0.3, -0.25) is 4.79 Å². The molecule has 0 radical (unpaired) electrons. The van der Waals surface area contributed by atoms with Crippen molar-refractivity contribution in [1.82, 2.24) is 0 Å². The summed E-state index contributed by atoms with van der Waals surface area (Å²) in [7, 11) is 1.38. The molecule has 2 aromatic rings. The van der Waals surface area contributed by atoms with E-state index in [1.54, 1.807) is 0 Å². The molecule has 0 spiro atoms. The summed E-state index contributed by atoms with van der Waals surface area (Å²) in [5, 5.41) is 0. The van der Waals surface area contributed by atoms with Gasteiger partial charge in [0.15, 0.2) is 0 Å². The lowest BCUT2D eigenvalue weighted by Gasteiger charge is -2.12. The Balaban J connectivity index is 2.18. The zero-order chi connectivity index (χ0) is 14.4. The second-order valence-corrected chi connectivity index (χ2v) is 4.54. The van der Waals surface area contributed by atoms with E-state index >= 15 is 0 Å². The highest BCUT2D eigenvalue weighted by molar-refractivity contribution is 5.71. The van der Waals surface area contributed by atoms with E-state index in [9.17, 15) is 4.79 Å². The first kappa shape index (κ1) is 14.1. The Morgan fingerprint density at radius 1 is 1.10 bits per heavy atom. The van der Waals surface area contributed by atoms with Crippen molar-refractivity contribution in [1.29, 1.82) is 0 Å². The van der Waals surface area contributed by atoms with Gasteiger partial charge in [0, 0.05) is 5.56 Å². The summed E-state index contributed by atoms with van der Waals surface area (Å²) in [4.78, 5) is 11.1. The lowest BCUT2D eigenvalue weighted by molar-refractivity contribution is -0.141. The highest BCUT2D eigenvalue weighted by atomic mass is 16.5. The average Bonchev–Trinajstić information content (AvgIpc) is 2.49. The van der Waals surface area contributed by atoms with Crippen LogP contribution in [0.15, 0.2) is 48.5 Å². The molecule has 0 amide bonds. The maximum Gasteiger partial charge on any atom is 0.308 e. The van der Waals surface area contributed by atoms with Gasteiger partial charge >= 0.3 is 5.97 Å². The van der Waals surface area contributed by atoms with Crippen molar-refractivity contribution in [2.45, 2.75) is 13.3 Å². The van der Waals surface area contributed by atoms with Crippen molar-refractivity contribution in [2.75, 3.05) is 13.7 Å². The largest absolute Gasteiger partial charge is 0.492 e. The van der Waals surface area contributed by atoms with Gasteiger partial charge in [0.2, 0.25) is 0 Å². The zero-order valence-electron chi connectivity index (χ0n) is 11.8. The van der Waals surface area contributed by atoms with Crippen molar-refractivity contribution in [2.24, 2.45) is 0 Å². The third-order valence-electron chi connectivity index (χ3n) is 3.01. The predicted molar refractivity (Wildman–Crippen MR) is 78.7 cm³/mol. The molecular formula is C17H18O3. The summed E-state index contributed by atoms with van der Waals surface area (Å²) in [5.74, 6) is 0.518. The van der Waals surface area contributed by atoms with Crippen LogP contribution < -0.4 is 4.74 Å². The topological polar surface area (TPSA) is 35.5 Å². The van der Waals surface area contributed by atoms with E-state index in [4.69, 9.17) is 4.74 Å². The van der Waals surface area contributed by atoms with Gasteiger partial charge < -0.3 is 9.47 Å². The number of esters is 1. The molecule has 0 heterocycles. The van der Waals surface area contributed by atoms with Gasteiger partial charge in [-0.1, -0.05) is 42.0 Å². The SMILES string of the molecule is COC(=O)CCOc1ccc(C)cc1-c1ccccc1. The maximum atomic E-state index is 11.1. The molecule has 104 valence electrons. The summed E-state index contributed by atoms with van der Waals surface area (Å²) < 4.78 is 10.3. The molecule has 0 unspecified atom stereocenters. The number of carbonyl (C=O) groups is 1. The second kappa shape index (κ2) is 6.75. The van der Waals surface area contributed by atoms with Crippen molar-refractivity contribution < 1.29 is 14.3 Å². The molecule has 0 fully saturated rings. The first-order valence-electron chi connectivity index (χ1n) is 6.56. The molecule has 0 aliphatic rings. The van der Waals surface area contributed by atoms with Crippen molar-refractivity contribution in [3.05, 3.63) is 54.1 Å². The molecule has 0 bridgehead atoms. The minimum Gasteiger partial charge on any atom is -0.492 e. The van der Waals surface area contributed by atoms with Crippen LogP contribution in [0.25, 0.3) is 11.1 Å². The number of hydrogen-bond donors (Lipinski definition) is 0. The van der Waals surface area contributed by atoms with Crippen LogP contribution >= 0.6 is 0 Å². The van der Waals surface area contributed by atoms with Crippen molar-refractivity contribution >= 4 is 5.97 Å². The summed E-state index contributed by atoms with van der Waals surface area (Å²) in [5.41, 5.74) is 3.31. The maximum absolute atomic E-state index is 11.1. The highest BCUT2D eigenvalue weighted by Crippen LogP contribution is 2.30. The molecule has 2 rings (SSSR count). The normalized spacial score (nSPS) is 10.1. The molecule has 0 aliphatic carbocycles. The van der Waals surface area contributed by atoms with Crippen LogP contribution in [0.1, 0.15) is 12.0 Å². The zero-order valence-corrected chi connectivity index (χ0v) is 11.8. The van der Waals surface area contributed by atoms with Gasteiger partial charge in [-0.2, -0.15) is 0 Å². The summed E-state index contributed by atoms with van der Waals surface area (Å²) >= 11 is 0. The fourth-order valence-electron chi connectivity index (χ4n) is 1.96. The van der Waals surface area contributed by atoms with Crippen LogP contribution in [0, 0.1) is 6.92 Å². The standard InChI is InChI=1S/C17H18O3/c1-13-8-9-16(20-11-10-17(18)19-2)15(12-13)14-6-4-3-5-7-14/h3-9,12H,10-11H2,1-2H3. The highest BCUT2D eigenvalue weighted by Gasteiger charge is 2.08. The van der Waals surface area contributed by atoms with Crippen molar-refractivity contribution in [3.8, 4) is 16.9 Å². The predicted octanol–water partition coefficient (Wildman–Crippen LogP) is 3.60. The van der Waals surface area contributed by atoms with Crippen LogP contribution in [0.5, 0.6) is 5.75 Å². The second-order valence-electron chi connectivity index (χ2n) is 4.54. The molecular weight excluding hydrogens is 252 g/mol. The molecule has 0 N–H and O–H groups in total. The number of benzene rings is 2. The van der Waals surface area contributed by atoms with Gasteiger partial charge in [0.25, 0.3) is 0 Å². The number of carbonyl (C=O) groups excluding carboxylic acids is 1. The summed E-state index contributed by atoms with van der Waals surface area (Å²) in [6.07, 6.45) is 0.249. The van der Waals surface area contributed by atoms with Crippen LogP contribution in [0.2, 0.25) is 0 Å². The number of hydrogen-bond acceptors (Lipinski definition) is 3. The Morgan fingerprint density at radius 2 is 1.85 bits per heavy atom. The van der Waals surface area contributed by atoms with Gasteiger partial charge in [-0.15, -0.1) is 0 Å². The molecule has 0 saturated heterocycles. The van der Waals surface area contributed by atoms with E-state index < -0.39 is 0 Å². The third kappa shape index (κ3) is 3.60. The fourth-order valence-corrected chi connectivity index (χ4v) is 1.96. The van der Waals surface area contributed by atoms with Crippen LogP contribution in [-0.2, 0) is 9.53 Å². The number of ether oxygens (including phenoxy) is 2. The molecule has 0 aliphatic heterocycles. The summed E-state index contributed by atoms with van der Waals surface area (Å²) in [6, 6.07) is 16.1. The Bertz CT molecular complexity index is 576. The molecule has 3 nitrogen and oxygen atoms in total. The Labute approximate surface area is 119 Å². The van der Waals surface area contributed by atoms with Crippen LogP contribution in [0.4, 0.5) is 0 Å². The van der Waals surface area contributed by atoms with Gasteiger partial charge in [0.1, 0.15) is 5.75 Å². The van der Waals surface area contributed by atoms with Gasteiger partial charge in [0.05, 0.1) is 20.1 Å². The third-order valence-corrected chi connectivity index (χ3v) is 3.01. The smallest absolute Gasteiger partial charge is 0.308 e. The molecule has 0 saturated carbocycles. The minimum absolute atomic E-state index is 0.249. The first-order valence-corrected chi connectivity index (χ1v) is 6.56. The minimum atomic E-state index is -0.265. The lowest BCUT2D eigenvalue weighted by Crippen LogP contribution is -2.08. The lowest BCUT2D eigenvalue weighted by atomic mass is 10.0. The molecule has 0 atom stereocenters. The Kier molecular flexibility index (Phi) is 4.77. The van der Waals surface area contributed by atoms with Gasteiger partial charge in [-0.05, 0) is 24.6 Å². The Hall–Kier alpha value is -2.29. The van der Waals surface area contributed by atoms with E-state index in [1.807, 2.05) is 49.4 Å². The van der Waals surface area contributed by atoms with Gasteiger partial charge in [-0.25, -0.2) is 0 Å². The van der Waals surface area contributed by atoms with Crippen LogP contribution in [-0.4, -0.2) is 19.7 Å². The van der Waals surface area contributed by atoms with E-state index in [1.165, 1.54) is 12.7 Å².